The lowest BCUT2D eigenvalue weighted by Crippen LogP contribution is -2.38. The van der Waals surface area contributed by atoms with E-state index in [0.717, 1.165) is 24.6 Å². The third-order valence-corrected chi connectivity index (χ3v) is 6.35. The van der Waals surface area contributed by atoms with Gasteiger partial charge in [-0.3, -0.25) is 0 Å². The highest BCUT2D eigenvalue weighted by atomic mass is 32.2. The second-order valence-electron chi connectivity index (χ2n) is 5.46. The Morgan fingerprint density at radius 2 is 2.15 bits per heavy atom. The van der Waals surface area contributed by atoms with Gasteiger partial charge in [0.15, 0.2) is 0 Å². The zero-order valence-corrected chi connectivity index (χ0v) is 13.1. The van der Waals surface area contributed by atoms with E-state index in [-0.39, 0.29) is 10.9 Å². The van der Waals surface area contributed by atoms with Crippen LogP contribution in [0.2, 0.25) is 0 Å². The first-order valence-electron chi connectivity index (χ1n) is 6.75. The Morgan fingerprint density at radius 1 is 1.35 bits per heavy atom. The summed E-state index contributed by atoms with van der Waals surface area (Å²) in [5.74, 6) is 0.319. The van der Waals surface area contributed by atoms with Crippen LogP contribution in [0.15, 0.2) is 23.1 Å². The summed E-state index contributed by atoms with van der Waals surface area (Å²) in [4.78, 5) is 0.288. The van der Waals surface area contributed by atoms with Crippen LogP contribution in [0.3, 0.4) is 0 Å². The quantitative estimate of drug-likeness (QED) is 0.873. The Morgan fingerprint density at radius 3 is 2.90 bits per heavy atom. The van der Waals surface area contributed by atoms with Gasteiger partial charge in [-0.1, -0.05) is 19.9 Å². The summed E-state index contributed by atoms with van der Waals surface area (Å²) in [6.45, 7) is 4.74. The van der Waals surface area contributed by atoms with Gasteiger partial charge in [0.2, 0.25) is 10.0 Å². The molecule has 0 aliphatic carbocycles. The lowest BCUT2D eigenvalue weighted by atomic mass is 10.0. The number of nitrogens with zero attached hydrogens (tertiary/aromatic N) is 3. The van der Waals surface area contributed by atoms with Crippen molar-refractivity contribution in [2.24, 2.45) is 5.92 Å². The van der Waals surface area contributed by atoms with Crippen molar-refractivity contribution in [1.82, 2.24) is 13.1 Å². The van der Waals surface area contributed by atoms with Gasteiger partial charge < -0.3 is 0 Å². The standard InChI is InChI=1S/C13H17N3O2S2/c1-9(2)11-6-4-8-16(11)20(17,18)12-7-3-5-10-13(12)15-19-14-10/h3,5,7,9,11H,4,6,8H2,1-2H3/t11-/m1/s1. The van der Waals surface area contributed by atoms with E-state index in [4.69, 9.17) is 0 Å². The van der Waals surface area contributed by atoms with Crippen LogP contribution in [0.25, 0.3) is 11.0 Å². The van der Waals surface area contributed by atoms with Crippen molar-refractivity contribution in [3.8, 4) is 0 Å². The molecular formula is C13H17N3O2S2. The summed E-state index contributed by atoms with van der Waals surface area (Å²) in [6, 6.07) is 5.25. The molecule has 5 nitrogen and oxygen atoms in total. The minimum absolute atomic E-state index is 0.0850. The predicted molar refractivity (Wildman–Crippen MR) is 79.2 cm³/mol. The molecule has 2 heterocycles. The van der Waals surface area contributed by atoms with Crippen LogP contribution in [0.4, 0.5) is 0 Å². The smallest absolute Gasteiger partial charge is 0.207 e. The second kappa shape index (κ2) is 5.05. The topological polar surface area (TPSA) is 63.2 Å². The van der Waals surface area contributed by atoms with Crippen molar-refractivity contribution in [1.29, 1.82) is 0 Å². The zero-order chi connectivity index (χ0) is 14.3. The van der Waals surface area contributed by atoms with Crippen molar-refractivity contribution in [3.05, 3.63) is 18.2 Å². The van der Waals surface area contributed by atoms with Crippen molar-refractivity contribution < 1.29 is 8.42 Å². The summed E-state index contributed by atoms with van der Waals surface area (Å²) in [6.07, 6.45) is 1.86. The van der Waals surface area contributed by atoms with E-state index in [1.807, 2.05) is 0 Å². The molecule has 20 heavy (non-hydrogen) atoms. The monoisotopic (exact) mass is 311 g/mol. The molecule has 1 fully saturated rings. The number of aromatic nitrogens is 2. The summed E-state index contributed by atoms with van der Waals surface area (Å²) in [5, 5.41) is 0. The second-order valence-corrected chi connectivity index (χ2v) is 7.84. The number of hydrogen-bond donors (Lipinski definition) is 0. The summed E-state index contributed by atoms with van der Waals surface area (Å²) >= 11 is 1.05. The van der Waals surface area contributed by atoms with Gasteiger partial charge >= 0.3 is 0 Å². The van der Waals surface area contributed by atoms with Gasteiger partial charge in [0.1, 0.15) is 15.9 Å². The van der Waals surface area contributed by atoms with Gasteiger partial charge in [0.25, 0.3) is 0 Å². The fourth-order valence-electron chi connectivity index (χ4n) is 2.85. The normalized spacial score (nSPS) is 21.1. The van der Waals surface area contributed by atoms with Crippen molar-refractivity contribution in [2.45, 2.75) is 37.6 Å². The number of rotatable bonds is 3. The van der Waals surface area contributed by atoms with E-state index in [1.54, 1.807) is 22.5 Å². The Labute approximate surface area is 123 Å². The Balaban J connectivity index is 2.10. The highest BCUT2D eigenvalue weighted by molar-refractivity contribution is 7.89. The van der Waals surface area contributed by atoms with Crippen molar-refractivity contribution >= 4 is 32.8 Å². The Bertz CT molecular complexity index is 724. The molecular weight excluding hydrogens is 294 g/mol. The van der Waals surface area contributed by atoms with Crippen LogP contribution >= 0.6 is 11.7 Å². The summed E-state index contributed by atoms with van der Waals surface area (Å²) < 4.78 is 35.8. The third kappa shape index (κ3) is 2.13. The molecule has 0 amide bonds. The van der Waals surface area contributed by atoms with Gasteiger partial charge in [-0.15, -0.1) is 0 Å². The molecule has 0 N–H and O–H groups in total. The summed E-state index contributed by atoms with van der Waals surface area (Å²) in [5.41, 5.74) is 1.14. The first kappa shape index (κ1) is 13.9. The van der Waals surface area contributed by atoms with Gasteiger partial charge in [-0.2, -0.15) is 13.1 Å². The third-order valence-electron chi connectivity index (χ3n) is 3.85. The van der Waals surface area contributed by atoms with E-state index < -0.39 is 10.0 Å². The molecule has 108 valence electrons. The lowest BCUT2D eigenvalue weighted by Gasteiger charge is -2.26. The van der Waals surface area contributed by atoms with Crippen molar-refractivity contribution in [3.63, 3.8) is 0 Å². The molecule has 1 atom stereocenters. The number of hydrogen-bond acceptors (Lipinski definition) is 5. The zero-order valence-electron chi connectivity index (χ0n) is 11.5. The van der Waals surface area contributed by atoms with Crippen LogP contribution in [0.1, 0.15) is 26.7 Å². The molecule has 1 aromatic heterocycles. The minimum atomic E-state index is -3.49. The van der Waals surface area contributed by atoms with E-state index >= 15 is 0 Å². The first-order chi connectivity index (χ1) is 9.51. The molecule has 1 aliphatic heterocycles. The molecule has 3 rings (SSSR count). The average molecular weight is 311 g/mol. The van der Waals surface area contributed by atoms with E-state index in [9.17, 15) is 8.42 Å². The molecule has 0 unspecified atom stereocenters. The van der Waals surface area contributed by atoms with E-state index in [2.05, 4.69) is 22.6 Å². The highest BCUT2D eigenvalue weighted by Crippen LogP contribution is 2.32. The number of fused-ring (bicyclic) bond motifs is 1. The van der Waals surface area contributed by atoms with Gasteiger partial charge in [0, 0.05) is 12.6 Å². The maximum atomic E-state index is 12.9. The van der Waals surface area contributed by atoms with Gasteiger partial charge in [0.05, 0.1) is 11.7 Å². The largest absolute Gasteiger partial charge is 0.245 e. The molecule has 1 aliphatic rings. The van der Waals surface area contributed by atoms with Crippen molar-refractivity contribution in [2.75, 3.05) is 6.54 Å². The molecule has 0 bridgehead atoms. The van der Waals surface area contributed by atoms with Crippen LogP contribution in [-0.4, -0.2) is 34.1 Å². The first-order valence-corrected chi connectivity index (χ1v) is 8.92. The maximum Gasteiger partial charge on any atom is 0.245 e. The van der Waals surface area contributed by atoms with E-state index in [1.165, 1.54) is 0 Å². The van der Waals surface area contributed by atoms with Crippen LogP contribution < -0.4 is 0 Å². The SMILES string of the molecule is CC(C)[C@H]1CCCN1S(=O)(=O)c1cccc2nsnc12. The molecule has 0 saturated carbocycles. The fourth-order valence-corrected chi connectivity index (χ4v) is 5.43. The molecule has 7 heteroatoms. The highest BCUT2D eigenvalue weighted by Gasteiger charge is 2.37. The number of benzene rings is 1. The molecule has 2 aromatic rings. The Kier molecular flexibility index (Phi) is 3.51. The van der Waals surface area contributed by atoms with Gasteiger partial charge in [-0.05, 0) is 30.9 Å². The molecule has 0 spiro atoms. The average Bonchev–Trinajstić information content (AvgIpc) is 3.06. The minimum Gasteiger partial charge on any atom is -0.207 e. The maximum absolute atomic E-state index is 12.9. The van der Waals surface area contributed by atoms with E-state index in [0.29, 0.717) is 23.5 Å². The summed E-state index contributed by atoms with van der Waals surface area (Å²) in [7, 11) is -3.49. The van der Waals surface area contributed by atoms with Gasteiger partial charge in [-0.25, -0.2) is 8.42 Å². The molecule has 1 saturated heterocycles. The predicted octanol–water partition coefficient (Wildman–Crippen LogP) is 2.50. The van der Waals surface area contributed by atoms with Crippen LogP contribution in [-0.2, 0) is 10.0 Å². The van der Waals surface area contributed by atoms with Crippen LogP contribution in [0, 0.1) is 5.92 Å². The fraction of sp³-hybridized carbons (Fsp3) is 0.538. The molecule has 0 radical (unpaired) electrons. The molecule has 1 aromatic carbocycles. The van der Waals surface area contributed by atoms with Crippen LogP contribution in [0.5, 0.6) is 0 Å². The Hall–Kier alpha value is -1.05. The lowest BCUT2D eigenvalue weighted by molar-refractivity contribution is 0.316. The number of sulfonamides is 1.